The Morgan fingerprint density at radius 3 is 2.47 bits per heavy atom. The lowest BCUT2D eigenvalue weighted by molar-refractivity contribution is -0.140. The van der Waals surface area contributed by atoms with Gasteiger partial charge in [-0.2, -0.15) is 9.97 Å². The van der Waals surface area contributed by atoms with Crippen molar-refractivity contribution in [3.8, 4) is 0 Å². The highest BCUT2D eigenvalue weighted by atomic mass is 16.4. The molecular formula is C20H21N7O5. The van der Waals surface area contributed by atoms with E-state index < -0.39 is 23.9 Å². The van der Waals surface area contributed by atoms with Crippen LogP contribution in [0.15, 0.2) is 30.6 Å². The van der Waals surface area contributed by atoms with Crippen LogP contribution in [-0.2, 0) is 22.4 Å². The molecule has 0 spiro atoms. The number of hydrogen-bond donors (Lipinski definition) is 5. The Kier molecular flexibility index (Phi) is 6.73. The Morgan fingerprint density at radius 2 is 1.81 bits per heavy atom. The monoisotopic (exact) mass is 439 g/mol. The quantitative estimate of drug-likeness (QED) is 0.308. The van der Waals surface area contributed by atoms with Gasteiger partial charge < -0.3 is 27.0 Å². The van der Waals surface area contributed by atoms with E-state index in [1.807, 2.05) is 6.07 Å². The average molecular weight is 439 g/mol. The molecule has 0 aromatic carbocycles. The van der Waals surface area contributed by atoms with Crippen LogP contribution in [0.5, 0.6) is 0 Å². The molecule has 3 heterocycles. The topological polar surface area (TPSA) is 207 Å². The molecule has 0 radical (unpaired) electrons. The van der Waals surface area contributed by atoms with Crippen molar-refractivity contribution in [1.29, 1.82) is 0 Å². The zero-order valence-corrected chi connectivity index (χ0v) is 16.9. The second-order valence-electron chi connectivity index (χ2n) is 7.02. The lowest BCUT2D eigenvalue weighted by atomic mass is 10.1. The summed E-state index contributed by atoms with van der Waals surface area (Å²) >= 11 is 0. The number of anilines is 2. The van der Waals surface area contributed by atoms with Gasteiger partial charge in [0.15, 0.2) is 5.65 Å². The summed E-state index contributed by atoms with van der Waals surface area (Å²) in [7, 11) is 0. The molecule has 3 rings (SSSR count). The molecule has 0 saturated heterocycles. The van der Waals surface area contributed by atoms with Gasteiger partial charge in [0.2, 0.25) is 5.95 Å². The summed E-state index contributed by atoms with van der Waals surface area (Å²) in [4.78, 5) is 50.6. The highest BCUT2D eigenvalue weighted by Gasteiger charge is 2.21. The Balaban J connectivity index is 1.62. The van der Waals surface area contributed by atoms with Crippen molar-refractivity contribution in [3.63, 3.8) is 0 Å². The number of aromatic nitrogens is 4. The Morgan fingerprint density at radius 1 is 1.03 bits per heavy atom. The normalized spacial score (nSPS) is 11.8. The van der Waals surface area contributed by atoms with E-state index in [-0.39, 0.29) is 30.2 Å². The van der Waals surface area contributed by atoms with Crippen LogP contribution >= 0.6 is 0 Å². The summed E-state index contributed by atoms with van der Waals surface area (Å²) in [5.41, 5.74) is 13.6. The first-order valence-corrected chi connectivity index (χ1v) is 9.61. The van der Waals surface area contributed by atoms with Gasteiger partial charge in [-0.15, -0.1) is 0 Å². The van der Waals surface area contributed by atoms with E-state index in [4.69, 9.17) is 21.7 Å². The number of nitrogens with one attached hydrogen (secondary N) is 1. The summed E-state index contributed by atoms with van der Waals surface area (Å²) in [5, 5.41) is 20.8. The molecule has 1 unspecified atom stereocenters. The van der Waals surface area contributed by atoms with E-state index >= 15 is 0 Å². The van der Waals surface area contributed by atoms with Gasteiger partial charge in [-0.25, -0.2) is 9.78 Å². The Labute approximate surface area is 181 Å². The maximum absolute atomic E-state index is 12.3. The predicted octanol–water partition coefficient (Wildman–Crippen LogP) is 0.417. The van der Waals surface area contributed by atoms with Crippen molar-refractivity contribution >= 4 is 40.6 Å². The number of pyridine rings is 2. The molecule has 0 aliphatic heterocycles. The molecule has 1 amide bonds. The number of aryl methyl sites for hydroxylation is 2. The molecule has 32 heavy (non-hydrogen) atoms. The third-order valence-electron chi connectivity index (χ3n) is 4.66. The molecular weight excluding hydrogens is 418 g/mol. The number of nitrogens with two attached hydrogens (primary N) is 2. The third kappa shape index (κ3) is 5.62. The maximum Gasteiger partial charge on any atom is 0.326 e. The van der Waals surface area contributed by atoms with E-state index in [0.29, 0.717) is 29.6 Å². The highest BCUT2D eigenvalue weighted by Crippen LogP contribution is 2.19. The lowest BCUT2D eigenvalue weighted by Gasteiger charge is -2.13. The molecule has 0 fully saturated rings. The SMILES string of the molecule is Nc1nc(N)c2cc(CCc3ccc(C(=O)NC(CCC(=O)O)C(=O)O)cn3)cnc2n1. The number of rotatable bonds is 9. The van der Waals surface area contributed by atoms with Crippen LogP contribution in [0.1, 0.15) is 34.5 Å². The van der Waals surface area contributed by atoms with Gasteiger partial charge in [0.05, 0.1) is 10.9 Å². The Hall–Kier alpha value is -4.35. The van der Waals surface area contributed by atoms with Gasteiger partial charge in [-0.05, 0) is 43.0 Å². The summed E-state index contributed by atoms with van der Waals surface area (Å²) in [6, 6.07) is 3.72. The standard InChI is InChI=1S/C20H21N7O5/c21-16-13-7-10(8-24-17(13)27-20(22)26-16)1-3-12-4-2-11(9-23-12)18(30)25-14(19(31)32)5-6-15(28)29/h2,4,7-9,14H,1,3,5-6H2,(H,25,30)(H,28,29)(H,31,32)(H4,21,22,24,26,27). The molecule has 3 aromatic rings. The van der Waals surface area contributed by atoms with Crippen LogP contribution in [0.4, 0.5) is 11.8 Å². The fraction of sp³-hybridized carbons (Fsp3) is 0.250. The minimum Gasteiger partial charge on any atom is -0.481 e. The molecule has 0 saturated carbocycles. The zero-order valence-electron chi connectivity index (χ0n) is 16.9. The number of carboxylic acid groups (broad SMARTS) is 2. The molecule has 0 aliphatic rings. The fourth-order valence-corrected chi connectivity index (χ4v) is 2.98. The zero-order chi connectivity index (χ0) is 23.3. The van der Waals surface area contributed by atoms with Gasteiger partial charge in [0.1, 0.15) is 11.9 Å². The van der Waals surface area contributed by atoms with Gasteiger partial charge in [0.25, 0.3) is 5.91 Å². The lowest BCUT2D eigenvalue weighted by Crippen LogP contribution is -2.41. The first-order chi connectivity index (χ1) is 15.2. The van der Waals surface area contributed by atoms with Crippen LogP contribution in [0.2, 0.25) is 0 Å². The van der Waals surface area contributed by atoms with Crippen LogP contribution in [0, 0.1) is 0 Å². The summed E-state index contributed by atoms with van der Waals surface area (Å²) in [5.74, 6) is -2.78. The van der Waals surface area contributed by atoms with Crippen molar-refractivity contribution < 1.29 is 24.6 Å². The number of carbonyl (C=O) groups excluding carboxylic acids is 1. The van der Waals surface area contributed by atoms with Gasteiger partial charge in [-0.3, -0.25) is 14.6 Å². The minimum atomic E-state index is -1.30. The predicted molar refractivity (Wildman–Crippen MR) is 114 cm³/mol. The van der Waals surface area contributed by atoms with E-state index in [9.17, 15) is 14.4 Å². The smallest absolute Gasteiger partial charge is 0.326 e. The van der Waals surface area contributed by atoms with E-state index in [2.05, 4.69) is 25.3 Å². The van der Waals surface area contributed by atoms with Crippen molar-refractivity contribution in [2.45, 2.75) is 31.7 Å². The van der Waals surface area contributed by atoms with E-state index in [1.54, 1.807) is 12.3 Å². The molecule has 1 atom stereocenters. The second-order valence-corrected chi connectivity index (χ2v) is 7.02. The number of hydrogen-bond acceptors (Lipinski definition) is 9. The number of fused-ring (bicyclic) bond motifs is 1. The molecule has 3 aromatic heterocycles. The molecule has 0 bridgehead atoms. The number of carboxylic acids is 2. The van der Waals surface area contributed by atoms with Crippen molar-refractivity contribution in [3.05, 3.63) is 47.4 Å². The second kappa shape index (κ2) is 9.64. The average Bonchev–Trinajstić information content (AvgIpc) is 2.75. The largest absolute Gasteiger partial charge is 0.481 e. The molecule has 166 valence electrons. The van der Waals surface area contributed by atoms with Crippen LogP contribution in [-0.4, -0.2) is 54.0 Å². The number of nitrogens with zero attached hydrogens (tertiary/aromatic N) is 4. The number of carbonyl (C=O) groups is 3. The van der Waals surface area contributed by atoms with Gasteiger partial charge >= 0.3 is 11.9 Å². The molecule has 12 heteroatoms. The summed E-state index contributed by atoms with van der Waals surface area (Å²) in [6.45, 7) is 0. The van der Waals surface area contributed by atoms with Crippen molar-refractivity contribution in [2.24, 2.45) is 0 Å². The molecule has 12 nitrogen and oxygen atoms in total. The van der Waals surface area contributed by atoms with Crippen LogP contribution in [0.25, 0.3) is 11.0 Å². The first kappa shape index (κ1) is 22.3. The molecule has 7 N–H and O–H groups in total. The first-order valence-electron chi connectivity index (χ1n) is 9.61. The number of nitrogen functional groups attached to an aromatic ring is 2. The number of amides is 1. The highest BCUT2D eigenvalue weighted by molar-refractivity contribution is 5.96. The third-order valence-corrected chi connectivity index (χ3v) is 4.66. The Bertz CT molecular complexity index is 1170. The van der Waals surface area contributed by atoms with Gasteiger partial charge in [0, 0.05) is 24.5 Å². The van der Waals surface area contributed by atoms with Crippen LogP contribution < -0.4 is 16.8 Å². The van der Waals surface area contributed by atoms with E-state index in [1.165, 1.54) is 12.3 Å². The van der Waals surface area contributed by atoms with Crippen molar-refractivity contribution in [2.75, 3.05) is 11.5 Å². The summed E-state index contributed by atoms with van der Waals surface area (Å²) in [6.07, 6.45) is 3.57. The molecule has 0 aliphatic carbocycles. The van der Waals surface area contributed by atoms with E-state index in [0.717, 1.165) is 5.56 Å². The maximum atomic E-state index is 12.3. The summed E-state index contributed by atoms with van der Waals surface area (Å²) < 4.78 is 0. The van der Waals surface area contributed by atoms with Crippen molar-refractivity contribution in [1.82, 2.24) is 25.3 Å². The minimum absolute atomic E-state index is 0.0557. The number of aliphatic carboxylic acids is 2. The van der Waals surface area contributed by atoms with Crippen LogP contribution in [0.3, 0.4) is 0 Å². The van der Waals surface area contributed by atoms with Gasteiger partial charge in [-0.1, -0.05) is 0 Å². The fourth-order valence-electron chi connectivity index (χ4n) is 2.98.